The van der Waals surface area contributed by atoms with E-state index in [1.165, 1.54) is 17.0 Å². The quantitative estimate of drug-likeness (QED) is 0.784. The van der Waals surface area contributed by atoms with Gasteiger partial charge >= 0.3 is 5.69 Å². The third-order valence-electron chi connectivity index (χ3n) is 3.75. The Morgan fingerprint density at radius 3 is 2.70 bits per heavy atom. The molecule has 2 rings (SSSR count). The summed E-state index contributed by atoms with van der Waals surface area (Å²) in [5, 5.41) is 13.1. The second-order valence-electron chi connectivity index (χ2n) is 5.45. The van der Waals surface area contributed by atoms with Crippen LogP contribution in [0.1, 0.15) is 38.5 Å². The smallest absolute Gasteiger partial charge is 0.347 e. The predicted molar refractivity (Wildman–Crippen MR) is 74.2 cm³/mol. The third kappa shape index (κ3) is 4.16. The van der Waals surface area contributed by atoms with Crippen molar-refractivity contribution in [2.75, 3.05) is 6.54 Å². The van der Waals surface area contributed by atoms with Crippen molar-refractivity contribution in [3.05, 3.63) is 28.9 Å². The van der Waals surface area contributed by atoms with E-state index in [0.717, 1.165) is 38.5 Å². The Balaban J connectivity index is 1.86. The van der Waals surface area contributed by atoms with Crippen LogP contribution in [0.5, 0.6) is 0 Å². The van der Waals surface area contributed by atoms with E-state index < -0.39 is 11.3 Å². The zero-order valence-corrected chi connectivity index (χ0v) is 11.5. The summed E-state index contributed by atoms with van der Waals surface area (Å²) in [7, 11) is 0. The van der Waals surface area contributed by atoms with E-state index in [1.54, 1.807) is 6.07 Å². The normalized spacial score (nSPS) is 18.2. The minimum atomic E-state index is -0.800. The van der Waals surface area contributed by atoms with Gasteiger partial charge in [-0.25, -0.2) is 9.78 Å². The van der Waals surface area contributed by atoms with Gasteiger partial charge in [-0.15, -0.1) is 0 Å². The van der Waals surface area contributed by atoms with Crippen molar-refractivity contribution < 1.29 is 9.90 Å². The highest BCUT2D eigenvalue weighted by Gasteiger charge is 2.28. The summed E-state index contributed by atoms with van der Waals surface area (Å²) < 4.78 is 1.24. The molecule has 1 fully saturated rings. The number of hydrogen-bond acceptors (Lipinski definition) is 4. The summed E-state index contributed by atoms with van der Waals surface area (Å²) in [6, 6.07) is 1.60. The molecule has 1 heterocycles. The average Bonchev–Trinajstić information content (AvgIpc) is 2.65. The molecule has 0 aliphatic heterocycles. The maximum atomic E-state index is 11.8. The lowest BCUT2D eigenvalue weighted by molar-refractivity contribution is -0.123. The minimum absolute atomic E-state index is 0.0667. The van der Waals surface area contributed by atoms with Gasteiger partial charge in [0.05, 0.1) is 5.60 Å². The zero-order chi connectivity index (χ0) is 14.4. The number of aromatic nitrogens is 2. The van der Waals surface area contributed by atoms with Crippen LogP contribution in [0.3, 0.4) is 0 Å². The first-order valence-corrected chi connectivity index (χ1v) is 7.10. The topological polar surface area (TPSA) is 84.2 Å². The minimum Gasteiger partial charge on any atom is -0.388 e. The molecule has 0 atom stereocenters. The molecule has 1 aliphatic rings. The molecule has 1 aromatic heterocycles. The lowest BCUT2D eigenvalue weighted by Gasteiger charge is -2.26. The van der Waals surface area contributed by atoms with Crippen LogP contribution in [0.4, 0.5) is 0 Å². The van der Waals surface area contributed by atoms with Crippen LogP contribution < -0.4 is 11.0 Å². The van der Waals surface area contributed by atoms with Crippen LogP contribution in [0.25, 0.3) is 0 Å². The Kier molecular flexibility index (Phi) is 4.89. The van der Waals surface area contributed by atoms with E-state index in [2.05, 4.69) is 10.3 Å². The van der Waals surface area contributed by atoms with Crippen molar-refractivity contribution >= 4 is 5.91 Å². The summed E-state index contributed by atoms with van der Waals surface area (Å²) in [5.74, 6) is -0.280. The monoisotopic (exact) mass is 279 g/mol. The second kappa shape index (κ2) is 6.65. The van der Waals surface area contributed by atoms with Gasteiger partial charge in [0.2, 0.25) is 5.91 Å². The molecule has 0 radical (unpaired) electrons. The number of hydrogen-bond donors (Lipinski definition) is 2. The molecule has 20 heavy (non-hydrogen) atoms. The Morgan fingerprint density at radius 1 is 1.35 bits per heavy atom. The molecule has 6 heteroatoms. The highest BCUT2D eigenvalue weighted by Crippen LogP contribution is 2.26. The van der Waals surface area contributed by atoms with E-state index in [1.807, 2.05) is 0 Å². The number of carbonyl (C=O) groups is 1. The van der Waals surface area contributed by atoms with Crippen LogP contribution >= 0.6 is 0 Å². The van der Waals surface area contributed by atoms with Crippen LogP contribution in [0, 0.1) is 0 Å². The highest BCUT2D eigenvalue weighted by atomic mass is 16.3. The third-order valence-corrected chi connectivity index (χ3v) is 3.75. The molecule has 1 aromatic rings. The first-order valence-electron chi connectivity index (χ1n) is 7.10. The molecule has 6 nitrogen and oxygen atoms in total. The standard InChI is InChI=1S/C14H21N3O3/c18-12(10-17-9-5-8-15-13(17)19)16-11-14(20)6-3-1-2-4-7-14/h5,8-9,20H,1-4,6-7,10-11H2,(H,16,18). The molecule has 2 N–H and O–H groups in total. The summed E-state index contributed by atoms with van der Waals surface area (Å²) in [4.78, 5) is 26.8. The molecule has 0 spiro atoms. The van der Waals surface area contributed by atoms with Gasteiger partial charge in [0.25, 0.3) is 0 Å². The summed E-state index contributed by atoms with van der Waals surface area (Å²) in [6.45, 7) is 0.184. The fourth-order valence-electron chi connectivity index (χ4n) is 2.54. The zero-order valence-electron chi connectivity index (χ0n) is 11.5. The van der Waals surface area contributed by atoms with Crippen molar-refractivity contribution in [1.82, 2.24) is 14.9 Å². The number of aliphatic hydroxyl groups is 1. The van der Waals surface area contributed by atoms with Crippen molar-refractivity contribution in [3.63, 3.8) is 0 Å². The Morgan fingerprint density at radius 2 is 2.05 bits per heavy atom. The molecular formula is C14H21N3O3. The van der Waals surface area contributed by atoms with Gasteiger partial charge in [-0.3, -0.25) is 9.36 Å². The predicted octanol–water partition coefficient (Wildman–Crippen LogP) is 0.445. The molecule has 110 valence electrons. The second-order valence-corrected chi connectivity index (χ2v) is 5.45. The van der Waals surface area contributed by atoms with Crippen LogP contribution in [-0.4, -0.2) is 32.7 Å². The van der Waals surface area contributed by atoms with E-state index in [4.69, 9.17) is 0 Å². The van der Waals surface area contributed by atoms with Crippen LogP contribution in [0.15, 0.2) is 23.3 Å². The summed E-state index contributed by atoms with van der Waals surface area (Å²) in [5.41, 5.74) is -1.25. The molecule has 1 amide bonds. The van der Waals surface area contributed by atoms with Gasteiger partial charge in [-0.2, -0.15) is 0 Å². The van der Waals surface area contributed by atoms with Gasteiger partial charge in [0.1, 0.15) is 6.54 Å². The molecule has 0 aromatic carbocycles. The Labute approximate surface area is 117 Å². The number of carbonyl (C=O) groups excluding carboxylic acids is 1. The van der Waals surface area contributed by atoms with Crippen molar-refractivity contribution in [3.8, 4) is 0 Å². The van der Waals surface area contributed by atoms with Crippen molar-refractivity contribution in [2.24, 2.45) is 0 Å². The number of amides is 1. The van der Waals surface area contributed by atoms with Gasteiger partial charge in [0.15, 0.2) is 0 Å². The van der Waals surface area contributed by atoms with Gasteiger partial charge < -0.3 is 10.4 Å². The highest BCUT2D eigenvalue weighted by molar-refractivity contribution is 5.75. The first-order chi connectivity index (χ1) is 9.59. The first kappa shape index (κ1) is 14.7. The van der Waals surface area contributed by atoms with Crippen molar-refractivity contribution in [2.45, 2.75) is 50.7 Å². The Hall–Kier alpha value is -1.69. The fraction of sp³-hybridized carbons (Fsp3) is 0.643. The number of nitrogens with zero attached hydrogens (tertiary/aromatic N) is 2. The lowest BCUT2D eigenvalue weighted by atomic mass is 9.94. The molecule has 1 aliphatic carbocycles. The maximum absolute atomic E-state index is 11.8. The summed E-state index contributed by atoms with van der Waals surface area (Å²) in [6.07, 6.45) is 8.63. The molecular weight excluding hydrogens is 258 g/mol. The SMILES string of the molecule is O=C(Cn1cccnc1=O)NCC1(O)CCCCCC1. The molecule has 0 saturated heterocycles. The van der Waals surface area contributed by atoms with Gasteiger partial charge in [0, 0.05) is 18.9 Å². The van der Waals surface area contributed by atoms with E-state index in [9.17, 15) is 14.7 Å². The van der Waals surface area contributed by atoms with E-state index in [0.29, 0.717) is 0 Å². The Bertz CT molecular complexity index is 504. The van der Waals surface area contributed by atoms with E-state index in [-0.39, 0.29) is 19.0 Å². The van der Waals surface area contributed by atoms with Crippen molar-refractivity contribution in [1.29, 1.82) is 0 Å². The van der Waals surface area contributed by atoms with Crippen LogP contribution in [0.2, 0.25) is 0 Å². The maximum Gasteiger partial charge on any atom is 0.347 e. The molecule has 0 unspecified atom stereocenters. The van der Waals surface area contributed by atoms with Gasteiger partial charge in [-0.1, -0.05) is 25.7 Å². The van der Waals surface area contributed by atoms with Crippen LogP contribution in [-0.2, 0) is 11.3 Å². The fourth-order valence-corrected chi connectivity index (χ4v) is 2.54. The molecule has 0 bridgehead atoms. The number of rotatable bonds is 4. The van der Waals surface area contributed by atoms with E-state index >= 15 is 0 Å². The van der Waals surface area contributed by atoms with Gasteiger partial charge in [-0.05, 0) is 18.9 Å². The lowest BCUT2D eigenvalue weighted by Crippen LogP contribution is -2.44. The number of nitrogens with one attached hydrogen (secondary N) is 1. The largest absolute Gasteiger partial charge is 0.388 e. The summed E-state index contributed by atoms with van der Waals surface area (Å²) >= 11 is 0. The average molecular weight is 279 g/mol. The molecule has 1 saturated carbocycles.